The fraction of sp³-hybridized carbons (Fsp3) is 0.526. The molecule has 1 aromatic rings. The third-order valence-corrected chi connectivity index (χ3v) is 4.56. The summed E-state index contributed by atoms with van der Waals surface area (Å²) in [6, 6.07) is 11.3. The van der Waals surface area contributed by atoms with Gasteiger partial charge in [-0.1, -0.05) is 62.1 Å². The molecule has 1 N–H and O–H groups in total. The number of rotatable bonds is 6. The Bertz CT molecular complexity index is 512. The number of carbonyl (C=O) groups is 1. The summed E-state index contributed by atoms with van der Waals surface area (Å²) >= 11 is 0. The van der Waals surface area contributed by atoms with Crippen molar-refractivity contribution in [3.8, 4) is 0 Å². The molecule has 1 aromatic carbocycles. The molecular weight excluding hydrogens is 302 g/mol. The standard InChI is InChI=1S/C19H31NO2Si/c1-19(2,3)22-18(21)20-17(13-10-14-23(4,5)6)15-16-11-8-7-9-12-16/h7-13,17H,14-15H2,1-6H3,(H,20,21)/b13-10+/t17-/m1/s1. The molecule has 3 nitrogen and oxygen atoms in total. The van der Waals surface area contributed by atoms with Crippen LogP contribution in [0.25, 0.3) is 0 Å². The Morgan fingerprint density at radius 2 is 1.83 bits per heavy atom. The van der Waals surface area contributed by atoms with Gasteiger partial charge in [-0.25, -0.2) is 4.79 Å². The van der Waals surface area contributed by atoms with Crippen LogP contribution in [0.4, 0.5) is 4.79 Å². The lowest BCUT2D eigenvalue weighted by Crippen LogP contribution is -2.39. The van der Waals surface area contributed by atoms with E-state index < -0.39 is 13.7 Å². The third kappa shape index (κ3) is 9.95. The van der Waals surface area contributed by atoms with Crippen molar-refractivity contribution in [3.05, 3.63) is 48.0 Å². The number of nitrogens with one attached hydrogen (secondary N) is 1. The van der Waals surface area contributed by atoms with Crippen molar-refractivity contribution < 1.29 is 9.53 Å². The molecule has 0 saturated heterocycles. The molecule has 0 heterocycles. The molecule has 0 bridgehead atoms. The maximum Gasteiger partial charge on any atom is 0.408 e. The van der Waals surface area contributed by atoms with Crippen molar-refractivity contribution in [1.82, 2.24) is 5.32 Å². The van der Waals surface area contributed by atoms with Gasteiger partial charge in [-0.3, -0.25) is 0 Å². The first-order chi connectivity index (χ1) is 10.6. The van der Waals surface area contributed by atoms with E-state index in [0.717, 1.165) is 12.5 Å². The van der Waals surface area contributed by atoms with E-state index in [0.29, 0.717) is 0 Å². The summed E-state index contributed by atoms with van der Waals surface area (Å²) in [5.41, 5.74) is 0.717. The topological polar surface area (TPSA) is 38.3 Å². The van der Waals surface area contributed by atoms with E-state index in [4.69, 9.17) is 4.74 Å². The molecule has 0 aliphatic heterocycles. The fourth-order valence-electron chi connectivity index (χ4n) is 2.08. The molecule has 0 radical (unpaired) electrons. The fourth-order valence-corrected chi connectivity index (χ4v) is 2.92. The van der Waals surface area contributed by atoms with Crippen LogP contribution in [0.5, 0.6) is 0 Å². The Kier molecular flexibility index (Phi) is 7.07. The summed E-state index contributed by atoms with van der Waals surface area (Å²) in [5, 5.41) is 2.98. The van der Waals surface area contributed by atoms with Crippen LogP contribution >= 0.6 is 0 Å². The van der Waals surface area contributed by atoms with Crippen LogP contribution in [-0.2, 0) is 11.2 Å². The number of carbonyl (C=O) groups excluding carboxylic acids is 1. The second-order valence-electron chi connectivity index (χ2n) is 8.14. The van der Waals surface area contributed by atoms with E-state index in [-0.39, 0.29) is 12.1 Å². The van der Waals surface area contributed by atoms with Gasteiger partial charge < -0.3 is 10.1 Å². The Morgan fingerprint density at radius 3 is 2.35 bits per heavy atom. The first-order valence-electron chi connectivity index (χ1n) is 8.25. The number of amides is 1. The second-order valence-corrected chi connectivity index (χ2v) is 13.7. The third-order valence-electron chi connectivity index (χ3n) is 3.10. The molecule has 23 heavy (non-hydrogen) atoms. The van der Waals surface area contributed by atoms with E-state index in [1.165, 1.54) is 5.56 Å². The number of alkyl carbamates (subject to hydrolysis) is 1. The summed E-state index contributed by atoms with van der Waals surface area (Å²) in [6.07, 6.45) is 4.71. The predicted octanol–water partition coefficient (Wildman–Crippen LogP) is 5.02. The van der Waals surface area contributed by atoms with Gasteiger partial charge in [-0.15, -0.1) is 0 Å². The molecule has 0 spiro atoms. The Morgan fingerprint density at radius 1 is 1.22 bits per heavy atom. The number of ether oxygens (including phenoxy) is 1. The molecule has 0 fully saturated rings. The number of hydrogen-bond acceptors (Lipinski definition) is 2. The van der Waals surface area contributed by atoms with Crippen molar-refractivity contribution >= 4 is 14.2 Å². The van der Waals surface area contributed by atoms with E-state index in [1.54, 1.807) is 0 Å². The molecule has 1 atom stereocenters. The van der Waals surface area contributed by atoms with Gasteiger partial charge in [-0.05, 0) is 38.8 Å². The van der Waals surface area contributed by atoms with Gasteiger partial charge in [0.25, 0.3) is 0 Å². The number of hydrogen-bond donors (Lipinski definition) is 1. The molecule has 4 heteroatoms. The molecular formula is C19H31NO2Si. The van der Waals surface area contributed by atoms with Crippen molar-refractivity contribution in [2.24, 2.45) is 0 Å². The predicted molar refractivity (Wildman–Crippen MR) is 101 cm³/mol. The van der Waals surface area contributed by atoms with Crippen molar-refractivity contribution in [2.45, 2.75) is 64.5 Å². The minimum absolute atomic E-state index is 0.0522. The summed E-state index contributed by atoms with van der Waals surface area (Å²) in [5.74, 6) is 0. The van der Waals surface area contributed by atoms with Gasteiger partial charge in [0.15, 0.2) is 0 Å². The van der Waals surface area contributed by atoms with E-state index in [9.17, 15) is 4.79 Å². The van der Waals surface area contributed by atoms with Gasteiger partial charge in [0.05, 0.1) is 6.04 Å². The second kappa shape index (κ2) is 8.34. The van der Waals surface area contributed by atoms with Crippen LogP contribution in [0, 0.1) is 0 Å². The average molecular weight is 334 g/mol. The van der Waals surface area contributed by atoms with Crippen LogP contribution in [0.3, 0.4) is 0 Å². The average Bonchev–Trinajstić information content (AvgIpc) is 2.35. The zero-order chi connectivity index (χ0) is 17.5. The lowest BCUT2D eigenvalue weighted by Gasteiger charge is -2.22. The Labute approximate surface area is 142 Å². The highest BCUT2D eigenvalue weighted by Gasteiger charge is 2.19. The zero-order valence-corrected chi connectivity index (χ0v) is 16.3. The van der Waals surface area contributed by atoms with E-state index >= 15 is 0 Å². The molecule has 0 aliphatic rings. The molecule has 0 aromatic heterocycles. The summed E-state index contributed by atoms with van der Waals surface area (Å²) in [7, 11) is -1.13. The Hall–Kier alpha value is -1.55. The minimum Gasteiger partial charge on any atom is -0.444 e. The Balaban J connectivity index is 2.73. The summed E-state index contributed by atoms with van der Waals surface area (Å²) in [4.78, 5) is 12.1. The number of benzene rings is 1. The molecule has 1 rings (SSSR count). The van der Waals surface area contributed by atoms with Crippen LogP contribution < -0.4 is 5.32 Å². The smallest absolute Gasteiger partial charge is 0.408 e. The summed E-state index contributed by atoms with van der Waals surface area (Å²) in [6.45, 7) is 12.6. The van der Waals surface area contributed by atoms with Gasteiger partial charge >= 0.3 is 6.09 Å². The van der Waals surface area contributed by atoms with Crippen molar-refractivity contribution in [2.75, 3.05) is 0 Å². The SMILES string of the molecule is CC(C)(C)OC(=O)N[C@H](/C=C/C[Si](C)(C)C)Cc1ccccc1. The zero-order valence-electron chi connectivity index (χ0n) is 15.3. The minimum atomic E-state index is -1.13. The monoisotopic (exact) mass is 333 g/mol. The maximum absolute atomic E-state index is 12.1. The van der Waals surface area contributed by atoms with E-state index in [1.807, 2.05) is 39.0 Å². The molecule has 128 valence electrons. The van der Waals surface area contributed by atoms with Gasteiger partial charge in [-0.2, -0.15) is 0 Å². The van der Waals surface area contributed by atoms with Crippen LogP contribution in [0.15, 0.2) is 42.5 Å². The van der Waals surface area contributed by atoms with Crippen LogP contribution in [0.2, 0.25) is 25.7 Å². The molecule has 0 unspecified atom stereocenters. The lowest BCUT2D eigenvalue weighted by molar-refractivity contribution is 0.0514. The van der Waals surface area contributed by atoms with Gasteiger partial charge in [0.2, 0.25) is 0 Å². The van der Waals surface area contributed by atoms with Crippen molar-refractivity contribution in [1.29, 1.82) is 0 Å². The highest BCUT2D eigenvalue weighted by Crippen LogP contribution is 2.12. The van der Waals surface area contributed by atoms with E-state index in [2.05, 4.69) is 49.2 Å². The highest BCUT2D eigenvalue weighted by molar-refractivity contribution is 6.76. The van der Waals surface area contributed by atoms with Gasteiger partial charge in [0.1, 0.15) is 5.60 Å². The number of allylic oxidation sites excluding steroid dienone is 1. The quantitative estimate of drug-likeness (QED) is 0.586. The normalized spacial score (nSPS) is 13.8. The first kappa shape index (κ1) is 19.5. The van der Waals surface area contributed by atoms with Crippen molar-refractivity contribution in [3.63, 3.8) is 0 Å². The summed E-state index contributed by atoms with van der Waals surface area (Å²) < 4.78 is 5.38. The maximum atomic E-state index is 12.1. The highest BCUT2D eigenvalue weighted by atomic mass is 28.3. The molecule has 0 saturated carbocycles. The largest absolute Gasteiger partial charge is 0.444 e. The molecule has 1 amide bonds. The van der Waals surface area contributed by atoms with Crippen LogP contribution in [-0.4, -0.2) is 25.8 Å². The molecule has 0 aliphatic carbocycles. The van der Waals surface area contributed by atoms with Gasteiger partial charge in [0, 0.05) is 8.07 Å². The first-order valence-corrected chi connectivity index (χ1v) is 12.0. The van der Waals surface area contributed by atoms with Crippen LogP contribution in [0.1, 0.15) is 26.3 Å². The lowest BCUT2D eigenvalue weighted by atomic mass is 10.1.